The van der Waals surface area contributed by atoms with Crippen LogP contribution in [0.5, 0.6) is 0 Å². The molecule has 0 spiro atoms. The molecule has 33 heavy (non-hydrogen) atoms. The van der Waals surface area contributed by atoms with Gasteiger partial charge in [-0.15, -0.1) is 0 Å². The van der Waals surface area contributed by atoms with Crippen LogP contribution < -0.4 is 0 Å². The maximum atomic E-state index is 5.52. The predicted molar refractivity (Wildman–Crippen MR) is 134 cm³/mol. The normalized spacial score (nSPS) is 19.1. The van der Waals surface area contributed by atoms with Gasteiger partial charge in [-0.2, -0.15) is 0 Å². The van der Waals surface area contributed by atoms with Crippen molar-refractivity contribution in [2.75, 3.05) is 46.4 Å². The van der Waals surface area contributed by atoms with E-state index < -0.39 is 0 Å². The maximum Gasteiger partial charge on any atom is 0.0820 e. The van der Waals surface area contributed by atoms with E-state index in [4.69, 9.17) is 9.72 Å². The summed E-state index contributed by atoms with van der Waals surface area (Å²) in [5, 5.41) is 2.52. The van der Waals surface area contributed by atoms with Gasteiger partial charge in [-0.05, 0) is 58.1 Å². The van der Waals surface area contributed by atoms with Gasteiger partial charge in [0, 0.05) is 70.6 Å². The van der Waals surface area contributed by atoms with Gasteiger partial charge in [0.2, 0.25) is 0 Å². The van der Waals surface area contributed by atoms with Crippen LogP contribution in [0.2, 0.25) is 0 Å². The monoisotopic (exact) mass is 443 g/mol. The molecule has 6 rings (SSSR count). The number of aromatic nitrogens is 3. The van der Waals surface area contributed by atoms with E-state index in [-0.39, 0.29) is 0 Å². The quantitative estimate of drug-likeness (QED) is 0.501. The molecule has 0 bridgehead atoms. The van der Waals surface area contributed by atoms with Crippen molar-refractivity contribution in [2.24, 2.45) is 0 Å². The number of benzene rings is 1. The fraction of sp³-hybridized carbons (Fsp3) is 0.444. The van der Waals surface area contributed by atoms with Gasteiger partial charge in [0.1, 0.15) is 0 Å². The highest BCUT2D eigenvalue weighted by Crippen LogP contribution is 2.37. The number of nitrogens with one attached hydrogen (secondary N) is 1. The molecule has 0 atom stereocenters. The fourth-order valence-corrected chi connectivity index (χ4v) is 5.58. The third-order valence-electron chi connectivity index (χ3n) is 7.38. The lowest BCUT2D eigenvalue weighted by Crippen LogP contribution is -2.35. The molecule has 4 aromatic rings. The van der Waals surface area contributed by atoms with Crippen LogP contribution in [0.15, 0.2) is 42.6 Å². The van der Waals surface area contributed by atoms with E-state index in [1.54, 1.807) is 0 Å². The number of pyridine rings is 1. The van der Waals surface area contributed by atoms with Crippen molar-refractivity contribution in [1.29, 1.82) is 0 Å². The number of hydrogen-bond acceptors (Lipinski definition) is 4. The molecule has 1 aromatic carbocycles. The van der Waals surface area contributed by atoms with Gasteiger partial charge in [0.25, 0.3) is 0 Å². The Kier molecular flexibility index (Phi) is 5.45. The summed E-state index contributed by atoms with van der Waals surface area (Å²) in [4.78, 5) is 13.7. The van der Waals surface area contributed by atoms with Crippen molar-refractivity contribution in [1.82, 2.24) is 24.3 Å². The van der Waals surface area contributed by atoms with E-state index >= 15 is 0 Å². The van der Waals surface area contributed by atoms with Crippen LogP contribution >= 0.6 is 0 Å². The van der Waals surface area contributed by atoms with Crippen LogP contribution in [0.1, 0.15) is 30.3 Å². The Hall–Kier alpha value is -2.67. The Morgan fingerprint density at radius 3 is 2.64 bits per heavy atom. The number of para-hydroxylation sites is 1. The zero-order valence-corrected chi connectivity index (χ0v) is 19.7. The van der Waals surface area contributed by atoms with Gasteiger partial charge in [-0.3, -0.25) is 9.88 Å². The van der Waals surface area contributed by atoms with E-state index in [1.165, 1.54) is 45.9 Å². The predicted octanol–water partition coefficient (Wildman–Crippen LogP) is 4.59. The minimum Gasteiger partial charge on any atom is -0.379 e. The van der Waals surface area contributed by atoms with Crippen molar-refractivity contribution in [3.8, 4) is 11.3 Å². The van der Waals surface area contributed by atoms with Crippen molar-refractivity contribution >= 4 is 21.8 Å². The standard InChI is InChI=1S/C27H33N5O/c1-19-15-25-23(16-20(29-25)17-31-11-13-33-14-12-31)27(28-19)24-18-32(21-7-9-30(2)10-8-21)26-6-4-3-5-22(24)26/h3-6,15-16,18,21,29H,7-14,17H2,1-2H3. The summed E-state index contributed by atoms with van der Waals surface area (Å²) in [7, 11) is 2.23. The third-order valence-corrected chi connectivity index (χ3v) is 7.38. The first-order valence-electron chi connectivity index (χ1n) is 12.2. The molecule has 0 radical (unpaired) electrons. The minimum absolute atomic E-state index is 0.545. The second-order valence-corrected chi connectivity index (χ2v) is 9.76. The maximum absolute atomic E-state index is 5.52. The molecule has 1 N–H and O–H groups in total. The second-order valence-electron chi connectivity index (χ2n) is 9.76. The van der Waals surface area contributed by atoms with E-state index in [2.05, 4.69) is 75.9 Å². The largest absolute Gasteiger partial charge is 0.379 e. The molecule has 2 fully saturated rings. The lowest BCUT2D eigenvalue weighted by Gasteiger charge is -2.30. The SMILES string of the molecule is Cc1cc2[nH]c(CN3CCOCC3)cc2c(-c2cn(C3CCN(C)CC3)c3ccccc23)n1. The number of H-pyrrole nitrogens is 1. The van der Waals surface area contributed by atoms with Crippen molar-refractivity contribution < 1.29 is 4.74 Å². The summed E-state index contributed by atoms with van der Waals surface area (Å²) in [6.07, 6.45) is 4.76. The van der Waals surface area contributed by atoms with Gasteiger partial charge >= 0.3 is 0 Å². The van der Waals surface area contributed by atoms with Gasteiger partial charge in [0.05, 0.1) is 18.9 Å². The highest BCUT2D eigenvalue weighted by molar-refractivity contribution is 6.03. The lowest BCUT2D eigenvalue weighted by atomic mass is 10.1. The third kappa shape index (κ3) is 3.97. The van der Waals surface area contributed by atoms with Crippen LogP contribution in [-0.4, -0.2) is 70.8 Å². The number of rotatable bonds is 4. The number of aryl methyl sites for hydroxylation is 1. The molecular weight excluding hydrogens is 410 g/mol. The zero-order valence-electron chi connectivity index (χ0n) is 19.7. The van der Waals surface area contributed by atoms with Crippen LogP contribution in [0.25, 0.3) is 33.1 Å². The number of ether oxygens (including phenoxy) is 1. The summed E-state index contributed by atoms with van der Waals surface area (Å²) < 4.78 is 8.04. The summed E-state index contributed by atoms with van der Waals surface area (Å²) >= 11 is 0. The Morgan fingerprint density at radius 1 is 1.03 bits per heavy atom. The lowest BCUT2D eigenvalue weighted by molar-refractivity contribution is 0.0337. The molecule has 2 aliphatic heterocycles. The first-order chi connectivity index (χ1) is 16.2. The molecule has 0 unspecified atom stereocenters. The summed E-state index contributed by atoms with van der Waals surface area (Å²) in [5.41, 5.74) is 7.14. The highest BCUT2D eigenvalue weighted by Gasteiger charge is 2.23. The number of aromatic amines is 1. The average molecular weight is 444 g/mol. The number of likely N-dealkylation sites (tertiary alicyclic amines) is 1. The Bertz CT molecular complexity index is 1270. The Morgan fingerprint density at radius 2 is 1.82 bits per heavy atom. The van der Waals surface area contributed by atoms with Crippen LogP contribution in [0, 0.1) is 6.92 Å². The van der Waals surface area contributed by atoms with E-state index in [0.717, 1.165) is 57.3 Å². The molecule has 2 saturated heterocycles. The summed E-state index contributed by atoms with van der Waals surface area (Å²) in [5.74, 6) is 0. The van der Waals surface area contributed by atoms with E-state index in [0.29, 0.717) is 6.04 Å². The number of hydrogen-bond donors (Lipinski definition) is 1. The summed E-state index contributed by atoms with van der Waals surface area (Å²) in [6.45, 7) is 8.96. The van der Waals surface area contributed by atoms with Gasteiger partial charge in [-0.1, -0.05) is 18.2 Å². The molecule has 3 aromatic heterocycles. The van der Waals surface area contributed by atoms with Crippen molar-refractivity contribution in [3.63, 3.8) is 0 Å². The van der Waals surface area contributed by atoms with Crippen LogP contribution in [-0.2, 0) is 11.3 Å². The molecule has 2 aliphatic rings. The Balaban J connectivity index is 1.44. The minimum atomic E-state index is 0.545. The molecule has 0 amide bonds. The van der Waals surface area contributed by atoms with Crippen LogP contribution in [0.4, 0.5) is 0 Å². The average Bonchev–Trinajstić information content (AvgIpc) is 3.41. The zero-order chi connectivity index (χ0) is 22.4. The summed E-state index contributed by atoms with van der Waals surface area (Å²) in [6, 6.07) is 13.9. The van der Waals surface area contributed by atoms with Gasteiger partial charge < -0.3 is 19.2 Å². The molecule has 6 nitrogen and oxygen atoms in total. The van der Waals surface area contributed by atoms with Crippen LogP contribution in [0.3, 0.4) is 0 Å². The van der Waals surface area contributed by atoms with Crippen molar-refractivity contribution in [3.05, 3.63) is 54.0 Å². The molecule has 0 saturated carbocycles. The Labute approximate surface area is 195 Å². The first-order valence-corrected chi connectivity index (χ1v) is 12.2. The molecular formula is C27H33N5O. The smallest absolute Gasteiger partial charge is 0.0820 e. The first kappa shape index (κ1) is 20.9. The molecule has 172 valence electrons. The molecule has 0 aliphatic carbocycles. The number of piperidine rings is 1. The number of nitrogens with zero attached hydrogens (tertiary/aromatic N) is 4. The van der Waals surface area contributed by atoms with Gasteiger partial charge in [-0.25, -0.2) is 0 Å². The second kappa shape index (κ2) is 8.60. The van der Waals surface area contributed by atoms with Gasteiger partial charge in [0.15, 0.2) is 0 Å². The fourth-order valence-electron chi connectivity index (χ4n) is 5.58. The van der Waals surface area contributed by atoms with E-state index in [1.807, 2.05) is 0 Å². The molecule has 5 heterocycles. The number of fused-ring (bicyclic) bond motifs is 2. The topological polar surface area (TPSA) is 49.3 Å². The number of morpholine rings is 1. The van der Waals surface area contributed by atoms with E-state index in [9.17, 15) is 0 Å². The highest BCUT2D eigenvalue weighted by atomic mass is 16.5. The van der Waals surface area contributed by atoms with Crippen molar-refractivity contribution in [2.45, 2.75) is 32.4 Å². The molecule has 6 heteroatoms.